The minimum absolute atomic E-state index is 0.00897. The van der Waals surface area contributed by atoms with E-state index in [2.05, 4.69) is 10.4 Å². The Bertz CT molecular complexity index is 678. The van der Waals surface area contributed by atoms with Crippen LogP contribution in [0.3, 0.4) is 0 Å². The molecule has 1 saturated carbocycles. The van der Waals surface area contributed by atoms with E-state index < -0.39 is 10.0 Å². The molecule has 1 amide bonds. The first-order valence-electron chi connectivity index (χ1n) is 7.68. The third kappa shape index (κ3) is 2.89. The van der Waals surface area contributed by atoms with Crippen molar-refractivity contribution in [3.63, 3.8) is 0 Å². The lowest BCUT2D eigenvalue weighted by Gasteiger charge is -2.31. The van der Waals surface area contributed by atoms with Gasteiger partial charge in [-0.15, -0.1) is 0 Å². The Labute approximate surface area is 130 Å². The molecular weight excluding hydrogens is 304 g/mol. The molecule has 0 radical (unpaired) electrons. The maximum atomic E-state index is 12.8. The first-order valence-corrected chi connectivity index (χ1v) is 9.12. The predicted octanol–water partition coefficient (Wildman–Crippen LogP) is 0.408. The normalized spacial score (nSPS) is 23.5. The molecule has 1 atom stereocenters. The fourth-order valence-corrected chi connectivity index (χ4v) is 4.50. The number of sulfonamides is 1. The number of aryl methyl sites for hydroxylation is 1. The summed E-state index contributed by atoms with van der Waals surface area (Å²) in [5.41, 5.74) is 0.615. The van der Waals surface area contributed by atoms with Crippen molar-refractivity contribution in [2.24, 2.45) is 13.0 Å². The molecule has 22 heavy (non-hydrogen) atoms. The van der Waals surface area contributed by atoms with Gasteiger partial charge in [-0.3, -0.25) is 9.48 Å². The van der Waals surface area contributed by atoms with Crippen LogP contribution in [0.4, 0.5) is 0 Å². The maximum absolute atomic E-state index is 12.8. The summed E-state index contributed by atoms with van der Waals surface area (Å²) in [7, 11) is -1.86. The summed E-state index contributed by atoms with van der Waals surface area (Å²) in [5.74, 6) is -0.258. The van der Waals surface area contributed by atoms with Gasteiger partial charge in [0, 0.05) is 26.2 Å². The molecule has 1 aliphatic carbocycles. The Morgan fingerprint density at radius 3 is 2.68 bits per heavy atom. The molecule has 0 aromatic carbocycles. The third-order valence-corrected chi connectivity index (χ3v) is 6.45. The smallest absolute Gasteiger partial charge is 0.246 e. The number of rotatable bonds is 4. The number of nitrogens with one attached hydrogen (secondary N) is 1. The van der Waals surface area contributed by atoms with Crippen LogP contribution in [0.2, 0.25) is 0 Å². The minimum atomic E-state index is -3.58. The van der Waals surface area contributed by atoms with Gasteiger partial charge in [0.25, 0.3) is 0 Å². The van der Waals surface area contributed by atoms with Gasteiger partial charge in [0.15, 0.2) is 0 Å². The van der Waals surface area contributed by atoms with Gasteiger partial charge in [-0.1, -0.05) is 0 Å². The zero-order valence-electron chi connectivity index (χ0n) is 12.9. The molecule has 3 rings (SSSR count). The summed E-state index contributed by atoms with van der Waals surface area (Å²) in [6.07, 6.45) is 4.92. The highest BCUT2D eigenvalue weighted by Gasteiger charge is 2.36. The van der Waals surface area contributed by atoms with Crippen LogP contribution in [0.5, 0.6) is 0 Å². The molecule has 0 spiro atoms. The highest BCUT2D eigenvalue weighted by atomic mass is 32.2. The van der Waals surface area contributed by atoms with E-state index in [0.717, 1.165) is 19.3 Å². The van der Waals surface area contributed by atoms with Crippen molar-refractivity contribution in [3.05, 3.63) is 11.9 Å². The molecule has 1 aromatic heterocycles. The second-order valence-corrected chi connectivity index (χ2v) is 8.11. The first kappa shape index (κ1) is 15.5. The largest absolute Gasteiger partial charge is 0.353 e. The van der Waals surface area contributed by atoms with E-state index in [1.165, 1.54) is 10.5 Å². The third-order valence-electron chi connectivity index (χ3n) is 4.49. The van der Waals surface area contributed by atoms with Gasteiger partial charge in [0.2, 0.25) is 15.9 Å². The number of carbonyl (C=O) groups is 1. The van der Waals surface area contributed by atoms with Crippen LogP contribution < -0.4 is 5.32 Å². The van der Waals surface area contributed by atoms with Gasteiger partial charge in [-0.05, 0) is 32.6 Å². The Morgan fingerprint density at radius 1 is 1.36 bits per heavy atom. The van der Waals surface area contributed by atoms with E-state index in [1.807, 2.05) is 0 Å². The molecule has 0 unspecified atom stereocenters. The molecule has 1 aliphatic heterocycles. The van der Waals surface area contributed by atoms with E-state index in [1.54, 1.807) is 18.7 Å². The fraction of sp³-hybridized carbons (Fsp3) is 0.714. The van der Waals surface area contributed by atoms with Crippen molar-refractivity contribution < 1.29 is 13.2 Å². The first-order chi connectivity index (χ1) is 10.4. The van der Waals surface area contributed by atoms with Gasteiger partial charge in [0.1, 0.15) is 4.90 Å². The van der Waals surface area contributed by atoms with Gasteiger partial charge >= 0.3 is 0 Å². The average molecular weight is 326 g/mol. The highest BCUT2D eigenvalue weighted by molar-refractivity contribution is 7.89. The van der Waals surface area contributed by atoms with Crippen molar-refractivity contribution in [2.75, 3.05) is 13.1 Å². The Kier molecular flexibility index (Phi) is 3.98. The molecule has 122 valence electrons. The molecule has 1 saturated heterocycles. The SMILES string of the molecule is Cc1c(S(=O)(=O)N2CCC[C@H](C(=O)NC3CC3)C2)cnn1C. The monoisotopic (exact) mass is 326 g/mol. The second-order valence-electron chi connectivity index (χ2n) is 6.20. The Balaban J connectivity index is 1.75. The molecule has 2 heterocycles. The van der Waals surface area contributed by atoms with Crippen LogP contribution in [0.25, 0.3) is 0 Å². The van der Waals surface area contributed by atoms with Gasteiger partial charge in [0.05, 0.1) is 17.8 Å². The molecule has 7 nitrogen and oxygen atoms in total. The highest BCUT2D eigenvalue weighted by Crippen LogP contribution is 2.26. The van der Waals surface area contributed by atoms with Crippen LogP contribution in [0.15, 0.2) is 11.1 Å². The number of hydrogen-bond donors (Lipinski definition) is 1. The topological polar surface area (TPSA) is 84.3 Å². The molecule has 0 bridgehead atoms. The van der Waals surface area contributed by atoms with Gasteiger partial charge in [-0.2, -0.15) is 9.40 Å². The molecular formula is C14H22N4O3S. The Morgan fingerprint density at radius 2 is 2.09 bits per heavy atom. The zero-order valence-corrected chi connectivity index (χ0v) is 13.8. The number of aromatic nitrogens is 2. The maximum Gasteiger partial charge on any atom is 0.246 e. The predicted molar refractivity (Wildman–Crippen MR) is 80.6 cm³/mol. The van der Waals surface area contributed by atoms with Crippen molar-refractivity contribution >= 4 is 15.9 Å². The van der Waals surface area contributed by atoms with Crippen LogP contribution in [0.1, 0.15) is 31.4 Å². The number of hydrogen-bond acceptors (Lipinski definition) is 4. The van der Waals surface area contributed by atoms with Crippen LogP contribution in [-0.4, -0.2) is 47.5 Å². The van der Waals surface area contributed by atoms with Gasteiger partial charge < -0.3 is 5.32 Å². The summed E-state index contributed by atoms with van der Waals surface area (Å²) < 4.78 is 28.5. The van der Waals surface area contributed by atoms with E-state index in [-0.39, 0.29) is 23.3 Å². The number of piperidine rings is 1. The van der Waals surface area contributed by atoms with Crippen LogP contribution in [0, 0.1) is 12.8 Å². The standard InChI is InChI=1S/C14H22N4O3S/c1-10-13(8-15-17(10)2)22(20,21)18-7-3-4-11(9-18)14(19)16-12-5-6-12/h8,11-12H,3-7,9H2,1-2H3,(H,16,19)/t11-/m0/s1. The molecule has 1 N–H and O–H groups in total. The van der Waals surface area contributed by atoms with Crippen molar-refractivity contribution in [3.8, 4) is 0 Å². The summed E-state index contributed by atoms with van der Waals surface area (Å²) in [6.45, 7) is 2.46. The van der Waals surface area contributed by atoms with Crippen molar-refractivity contribution in [2.45, 2.75) is 43.5 Å². The average Bonchev–Trinajstić information content (AvgIpc) is 3.24. The van der Waals surface area contributed by atoms with E-state index in [9.17, 15) is 13.2 Å². The summed E-state index contributed by atoms with van der Waals surface area (Å²) in [4.78, 5) is 12.4. The molecule has 2 aliphatic rings. The van der Waals surface area contributed by atoms with Crippen molar-refractivity contribution in [1.82, 2.24) is 19.4 Å². The van der Waals surface area contributed by atoms with Crippen molar-refractivity contribution in [1.29, 1.82) is 0 Å². The lowest BCUT2D eigenvalue weighted by atomic mass is 9.99. The quantitative estimate of drug-likeness (QED) is 0.868. The van der Waals surface area contributed by atoms with E-state index in [4.69, 9.17) is 0 Å². The number of nitrogens with zero attached hydrogens (tertiary/aromatic N) is 3. The summed E-state index contributed by atoms with van der Waals surface area (Å²) in [6, 6.07) is 0.306. The zero-order chi connectivity index (χ0) is 15.9. The van der Waals surface area contributed by atoms with E-state index >= 15 is 0 Å². The Hall–Kier alpha value is -1.41. The molecule has 8 heteroatoms. The summed E-state index contributed by atoms with van der Waals surface area (Å²) >= 11 is 0. The van der Waals surface area contributed by atoms with Gasteiger partial charge in [-0.25, -0.2) is 8.42 Å². The van der Waals surface area contributed by atoms with E-state index in [0.29, 0.717) is 24.7 Å². The lowest BCUT2D eigenvalue weighted by molar-refractivity contribution is -0.126. The van der Waals surface area contributed by atoms with Crippen LogP contribution in [-0.2, 0) is 21.9 Å². The molecule has 2 fully saturated rings. The molecule has 1 aromatic rings. The second kappa shape index (κ2) is 5.66. The minimum Gasteiger partial charge on any atom is -0.353 e. The number of amides is 1. The number of carbonyl (C=O) groups excluding carboxylic acids is 1. The lowest BCUT2D eigenvalue weighted by Crippen LogP contribution is -2.45. The summed E-state index contributed by atoms with van der Waals surface area (Å²) in [5, 5.41) is 6.98. The fourth-order valence-electron chi connectivity index (χ4n) is 2.79. The van der Waals surface area contributed by atoms with Crippen LogP contribution >= 0.6 is 0 Å².